The molecule has 0 radical (unpaired) electrons. The highest BCUT2D eigenvalue weighted by Crippen LogP contribution is 2.18. The molecule has 2 unspecified atom stereocenters. The monoisotopic (exact) mass is 202 g/mol. The van der Waals surface area contributed by atoms with Crippen LogP contribution in [-0.4, -0.2) is 60.5 Å². The first kappa shape index (κ1) is 11.9. The van der Waals surface area contributed by atoms with Crippen LogP contribution < -0.4 is 5.32 Å². The predicted molar refractivity (Wildman–Crippen MR) is 56.2 cm³/mol. The number of nitrogens with zero attached hydrogens (tertiary/aromatic N) is 1. The average Bonchev–Trinajstić information content (AvgIpc) is 2.65. The Morgan fingerprint density at radius 1 is 1.21 bits per heavy atom. The van der Waals surface area contributed by atoms with Crippen molar-refractivity contribution in [3.8, 4) is 0 Å². The van der Waals surface area contributed by atoms with Crippen LogP contribution in [0.25, 0.3) is 0 Å². The molecule has 0 aliphatic carbocycles. The fourth-order valence-electron chi connectivity index (χ4n) is 2.26. The lowest BCUT2D eigenvalue weighted by Crippen LogP contribution is -2.43. The second-order valence-corrected chi connectivity index (χ2v) is 3.88. The van der Waals surface area contributed by atoms with Crippen LogP contribution in [0.4, 0.5) is 0 Å². The summed E-state index contributed by atoms with van der Waals surface area (Å²) in [6, 6.07) is 0.485. The van der Waals surface area contributed by atoms with Crippen LogP contribution >= 0.6 is 0 Å². The maximum Gasteiger partial charge on any atom is 0.0558 e. The summed E-state index contributed by atoms with van der Waals surface area (Å²) in [5.41, 5.74) is 0. The van der Waals surface area contributed by atoms with E-state index in [-0.39, 0.29) is 13.2 Å². The van der Waals surface area contributed by atoms with Crippen LogP contribution in [0.3, 0.4) is 0 Å². The summed E-state index contributed by atoms with van der Waals surface area (Å²) >= 11 is 0. The molecule has 2 atom stereocenters. The van der Waals surface area contributed by atoms with E-state index in [4.69, 9.17) is 10.2 Å². The van der Waals surface area contributed by atoms with Crippen LogP contribution in [-0.2, 0) is 0 Å². The normalized spacial score (nSPS) is 27.4. The van der Waals surface area contributed by atoms with Crippen molar-refractivity contribution in [1.82, 2.24) is 10.2 Å². The molecule has 0 spiro atoms. The van der Waals surface area contributed by atoms with Gasteiger partial charge in [0, 0.05) is 25.7 Å². The van der Waals surface area contributed by atoms with E-state index < -0.39 is 0 Å². The fraction of sp³-hybridized carbons (Fsp3) is 1.00. The molecule has 0 aromatic heterocycles. The van der Waals surface area contributed by atoms with Crippen molar-refractivity contribution >= 4 is 0 Å². The molecule has 1 aliphatic rings. The predicted octanol–water partition coefficient (Wildman–Crippen LogP) is -0.729. The molecule has 0 bridgehead atoms. The van der Waals surface area contributed by atoms with Gasteiger partial charge < -0.3 is 15.5 Å². The lowest BCUT2D eigenvalue weighted by atomic mass is 9.99. The molecule has 3 N–H and O–H groups in total. The molecular formula is C10H22N2O2. The quantitative estimate of drug-likeness (QED) is 0.531. The third-order valence-corrected chi connectivity index (χ3v) is 3.07. The maximum absolute atomic E-state index is 8.94. The van der Waals surface area contributed by atoms with Gasteiger partial charge in [0.25, 0.3) is 0 Å². The molecule has 1 fully saturated rings. The third kappa shape index (κ3) is 2.92. The molecule has 4 nitrogen and oxygen atoms in total. The summed E-state index contributed by atoms with van der Waals surface area (Å²) in [6.45, 7) is 5.93. The fourth-order valence-corrected chi connectivity index (χ4v) is 2.26. The number of aliphatic hydroxyl groups is 2. The van der Waals surface area contributed by atoms with Crippen LogP contribution in [0, 0.1) is 5.92 Å². The Balaban J connectivity index is 2.47. The SMILES string of the molecule is CCC1CNCC1N(CCO)CCO. The molecule has 1 saturated heterocycles. The molecule has 84 valence electrons. The van der Waals surface area contributed by atoms with Gasteiger partial charge >= 0.3 is 0 Å². The van der Waals surface area contributed by atoms with E-state index in [1.807, 2.05) is 0 Å². The van der Waals surface area contributed by atoms with E-state index in [0.29, 0.717) is 25.0 Å². The topological polar surface area (TPSA) is 55.7 Å². The summed E-state index contributed by atoms with van der Waals surface area (Å²) in [6.07, 6.45) is 1.16. The minimum absolute atomic E-state index is 0.174. The first-order valence-corrected chi connectivity index (χ1v) is 5.50. The number of hydrogen-bond acceptors (Lipinski definition) is 4. The zero-order valence-corrected chi connectivity index (χ0v) is 8.95. The first-order chi connectivity index (χ1) is 6.83. The summed E-state index contributed by atoms with van der Waals surface area (Å²) in [4.78, 5) is 2.19. The molecule has 1 heterocycles. The van der Waals surface area contributed by atoms with Gasteiger partial charge in [-0.3, -0.25) is 4.90 Å². The van der Waals surface area contributed by atoms with Gasteiger partial charge in [-0.25, -0.2) is 0 Å². The van der Waals surface area contributed by atoms with E-state index in [0.717, 1.165) is 19.5 Å². The molecular weight excluding hydrogens is 180 g/mol. The van der Waals surface area contributed by atoms with E-state index in [9.17, 15) is 0 Å². The Kier molecular flexibility index (Phi) is 5.40. The second kappa shape index (κ2) is 6.35. The lowest BCUT2D eigenvalue weighted by molar-refractivity contribution is 0.108. The van der Waals surface area contributed by atoms with Crippen LogP contribution in [0.2, 0.25) is 0 Å². The van der Waals surface area contributed by atoms with Crippen molar-refractivity contribution < 1.29 is 10.2 Å². The van der Waals surface area contributed by atoms with E-state index in [1.165, 1.54) is 0 Å². The number of aliphatic hydroxyl groups excluding tert-OH is 2. The average molecular weight is 202 g/mol. The van der Waals surface area contributed by atoms with Gasteiger partial charge in [-0.15, -0.1) is 0 Å². The maximum atomic E-state index is 8.94. The number of nitrogens with one attached hydrogen (secondary N) is 1. The van der Waals surface area contributed by atoms with Gasteiger partial charge in [-0.1, -0.05) is 13.3 Å². The molecule has 0 aromatic rings. The van der Waals surface area contributed by atoms with Gasteiger partial charge in [0.1, 0.15) is 0 Å². The van der Waals surface area contributed by atoms with Gasteiger partial charge in [0.15, 0.2) is 0 Å². The summed E-state index contributed by atoms with van der Waals surface area (Å²) in [5.74, 6) is 0.660. The second-order valence-electron chi connectivity index (χ2n) is 3.88. The summed E-state index contributed by atoms with van der Waals surface area (Å²) in [5, 5.41) is 21.2. The standard InChI is InChI=1S/C10H22N2O2/c1-2-9-7-11-8-10(9)12(3-5-13)4-6-14/h9-11,13-14H,2-8H2,1H3. The molecule has 0 amide bonds. The molecule has 14 heavy (non-hydrogen) atoms. The van der Waals surface area contributed by atoms with Crippen molar-refractivity contribution in [3.05, 3.63) is 0 Å². The Hall–Kier alpha value is -0.160. The Bertz CT molecular complexity index is 149. The molecule has 0 saturated carbocycles. The van der Waals surface area contributed by atoms with Crippen molar-refractivity contribution in [2.45, 2.75) is 19.4 Å². The summed E-state index contributed by atoms with van der Waals surface area (Å²) < 4.78 is 0. The minimum Gasteiger partial charge on any atom is -0.395 e. The number of rotatable bonds is 6. The zero-order chi connectivity index (χ0) is 10.4. The van der Waals surface area contributed by atoms with Gasteiger partial charge in [0.05, 0.1) is 13.2 Å². The lowest BCUT2D eigenvalue weighted by Gasteiger charge is -2.30. The first-order valence-electron chi connectivity index (χ1n) is 5.50. The Morgan fingerprint density at radius 3 is 2.36 bits per heavy atom. The Labute approximate surface area is 85.9 Å². The minimum atomic E-state index is 0.174. The van der Waals surface area contributed by atoms with Gasteiger partial charge in [-0.2, -0.15) is 0 Å². The van der Waals surface area contributed by atoms with Crippen molar-refractivity contribution in [2.75, 3.05) is 39.4 Å². The molecule has 1 rings (SSSR count). The largest absolute Gasteiger partial charge is 0.395 e. The van der Waals surface area contributed by atoms with Gasteiger partial charge in [0.2, 0.25) is 0 Å². The molecule has 4 heteroatoms. The van der Waals surface area contributed by atoms with Crippen molar-refractivity contribution in [1.29, 1.82) is 0 Å². The highest BCUT2D eigenvalue weighted by molar-refractivity contribution is 4.87. The van der Waals surface area contributed by atoms with E-state index >= 15 is 0 Å². The smallest absolute Gasteiger partial charge is 0.0558 e. The van der Waals surface area contributed by atoms with Crippen molar-refractivity contribution in [3.63, 3.8) is 0 Å². The highest BCUT2D eigenvalue weighted by Gasteiger charge is 2.29. The van der Waals surface area contributed by atoms with Crippen LogP contribution in [0.15, 0.2) is 0 Å². The zero-order valence-electron chi connectivity index (χ0n) is 8.95. The molecule has 1 aliphatic heterocycles. The number of hydrogen-bond donors (Lipinski definition) is 3. The molecule has 0 aromatic carbocycles. The van der Waals surface area contributed by atoms with Crippen LogP contribution in [0.1, 0.15) is 13.3 Å². The highest BCUT2D eigenvalue weighted by atomic mass is 16.3. The van der Waals surface area contributed by atoms with Crippen LogP contribution in [0.5, 0.6) is 0 Å². The third-order valence-electron chi connectivity index (χ3n) is 3.07. The van der Waals surface area contributed by atoms with Gasteiger partial charge in [-0.05, 0) is 12.5 Å². The van der Waals surface area contributed by atoms with E-state index in [2.05, 4.69) is 17.1 Å². The summed E-state index contributed by atoms with van der Waals surface area (Å²) in [7, 11) is 0. The Morgan fingerprint density at radius 2 is 1.86 bits per heavy atom. The van der Waals surface area contributed by atoms with E-state index in [1.54, 1.807) is 0 Å². The van der Waals surface area contributed by atoms with Crippen molar-refractivity contribution in [2.24, 2.45) is 5.92 Å².